The number of piperazine rings is 1. The molecule has 0 bridgehead atoms. The normalized spacial score (nSPS) is 13.9. The number of rotatable bonds is 5. The molecule has 10 heteroatoms. The summed E-state index contributed by atoms with van der Waals surface area (Å²) in [5.41, 5.74) is 4.48. The van der Waals surface area contributed by atoms with Gasteiger partial charge < -0.3 is 14.5 Å². The van der Waals surface area contributed by atoms with Gasteiger partial charge in [0, 0.05) is 43.3 Å². The van der Waals surface area contributed by atoms with Gasteiger partial charge in [0.2, 0.25) is 0 Å². The van der Waals surface area contributed by atoms with Crippen molar-refractivity contribution in [3.05, 3.63) is 80.4 Å². The number of aromatic nitrogens is 3. The summed E-state index contributed by atoms with van der Waals surface area (Å²) in [6.07, 6.45) is 1.38. The van der Waals surface area contributed by atoms with Crippen molar-refractivity contribution in [3.8, 4) is 23.0 Å². The van der Waals surface area contributed by atoms with E-state index in [4.69, 9.17) is 26.3 Å². The lowest BCUT2D eigenvalue weighted by Crippen LogP contribution is -2.50. The molecule has 240 valence electrons. The summed E-state index contributed by atoms with van der Waals surface area (Å²) < 4.78 is 7.16. The number of pyridine rings is 3. The summed E-state index contributed by atoms with van der Waals surface area (Å²) in [5.74, 6) is 0.0525. The van der Waals surface area contributed by atoms with Crippen LogP contribution in [0.25, 0.3) is 28.0 Å². The standard InChI is InChI=1S/C36H41ClN6O3/c1-21(2)24-13-14-39-29(22(3)4)32(24)43-33-26(19-28(37)30(40-33)25-12-10-9-11-23(25)5)31(27(20-38)34(43)44)41-15-17-42(18-16-41)35(45)46-36(6,7)8/h9-14,19,21-22H,15-18H2,1-8H3. The lowest BCUT2D eigenvalue weighted by molar-refractivity contribution is 0.0240. The molecule has 0 N–H and O–H groups in total. The van der Waals surface area contributed by atoms with E-state index in [0.717, 1.165) is 22.4 Å². The summed E-state index contributed by atoms with van der Waals surface area (Å²) in [5, 5.41) is 11.6. The minimum Gasteiger partial charge on any atom is -0.444 e. The van der Waals surface area contributed by atoms with Crippen LogP contribution in [-0.4, -0.2) is 57.3 Å². The van der Waals surface area contributed by atoms with Crippen LogP contribution >= 0.6 is 11.6 Å². The molecule has 1 amide bonds. The highest BCUT2D eigenvalue weighted by atomic mass is 35.5. The van der Waals surface area contributed by atoms with Gasteiger partial charge in [-0.3, -0.25) is 14.3 Å². The molecule has 9 nitrogen and oxygen atoms in total. The maximum absolute atomic E-state index is 14.7. The molecule has 5 rings (SSSR count). The molecule has 0 aliphatic carbocycles. The topological polar surface area (TPSA) is 104 Å². The molecule has 1 aromatic carbocycles. The number of anilines is 1. The Hall–Kier alpha value is -4.42. The van der Waals surface area contributed by atoms with Crippen molar-refractivity contribution in [2.75, 3.05) is 31.1 Å². The van der Waals surface area contributed by atoms with Crippen molar-refractivity contribution in [1.82, 2.24) is 19.4 Å². The van der Waals surface area contributed by atoms with Gasteiger partial charge >= 0.3 is 6.09 Å². The van der Waals surface area contributed by atoms with Gasteiger partial charge in [-0.2, -0.15) is 5.26 Å². The molecule has 4 aromatic rings. The van der Waals surface area contributed by atoms with Crippen molar-refractivity contribution in [2.24, 2.45) is 0 Å². The molecule has 1 aliphatic heterocycles. The summed E-state index contributed by atoms with van der Waals surface area (Å²) >= 11 is 7.01. The van der Waals surface area contributed by atoms with Crippen LogP contribution in [0.2, 0.25) is 5.02 Å². The summed E-state index contributed by atoms with van der Waals surface area (Å²) in [4.78, 5) is 41.0. The number of hydrogen-bond donors (Lipinski definition) is 0. The molecule has 0 unspecified atom stereocenters. The molecule has 1 fully saturated rings. The molecule has 0 spiro atoms. The van der Waals surface area contributed by atoms with E-state index >= 15 is 0 Å². The number of fused-ring (bicyclic) bond motifs is 1. The highest BCUT2D eigenvalue weighted by Gasteiger charge is 2.31. The molecule has 1 aliphatic rings. The van der Waals surface area contributed by atoms with E-state index in [1.54, 1.807) is 15.7 Å². The highest BCUT2D eigenvalue weighted by molar-refractivity contribution is 6.34. The zero-order valence-corrected chi connectivity index (χ0v) is 28.6. The van der Waals surface area contributed by atoms with Gasteiger partial charge in [0.05, 0.1) is 27.8 Å². The van der Waals surface area contributed by atoms with Crippen molar-refractivity contribution in [3.63, 3.8) is 0 Å². The van der Waals surface area contributed by atoms with E-state index in [0.29, 0.717) is 59.3 Å². The van der Waals surface area contributed by atoms with Crippen LogP contribution in [0.5, 0.6) is 0 Å². The van der Waals surface area contributed by atoms with E-state index in [1.807, 2.05) is 82.8 Å². The van der Waals surface area contributed by atoms with Crippen molar-refractivity contribution in [1.29, 1.82) is 5.26 Å². The van der Waals surface area contributed by atoms with Crippen molar-refractivity contribution in [2.45, 2.75) is 72.8 Å². The average molecular weight is 641 g/mol. The fourth-order valence-electron chi connectivity index (χ4n) is 5.99. The first-order valence-corrected chi connectivity index (χ1v) is 16.1. The fourth-order valence-corrected chi connectivity index (χ4v) is 6.24. The van der Waals surface area contributed by atoms with Crippen LogP contribution in [0.1, 0.15) is 82.7 Å². The Morgan fingerprint density at radius 3 is 2.28 bits per heavy atom. The number of aryl methyl sites for hydroxylation is 1. The first-order chi connectivity index (χ1) is 21.7. The Labute approximate surface area is 275 Å². The number of nitrogens with zero attached hydrogens (tertiary/aromatic N) is 6. The predicted molar refractivity (Wildman–Crippen MR) is 183 cm³/mol. The molecule has 1 saturated heterocycles. The number of hydrogen-bond acceptors (Lipinski definition) is 7. The van der Waals surface area contributed by atoms with Crippen molar-refractivity contribution >= 4 is 34.4 Å². The predicted octanol–water partition coefficient (Wildman–Crippen LogP) is 7.59. The third-order valence-corrected chi connectivity index (χ3v) is 8.50. The number of benzene rings is 1. The second-order valence-electron chi connectivity index (χ2n) is 13.4. The molecule has 4 heterocycles. The van der Waals surface area contributed by atoms with Gasteiger partial charge in [-0.1, -0.05) is 63.6 Å². The Balaban J connectivity index is 1.81. The third kappa shape index (κ3) is 6.19. The van der Waals surface area contributed by atoms with Crippen LogP contribution in [0.4, 0.5) is 10.5 Å². The Bertz CT molecular complexity index is 1880. The average Bonchev–Trinajstić information content (AvgIpc) is 2.99. The molecular weight excluding hydrogens is 600 g/mol. The van der Waals surface area contributed by atoms with Gasteiger partial charge in [0.15, 0.2) is 0 Å². The Kier molecular flexibility index (Phi) is 9.14. The first-order valence-electron chi connectivity index (χ1n) is 15.7. The SMILES string of the molecule is Cc1ccccc1-c1nc2c(cc1Cl)c(N1CCN(C(=O)OC(C)(C)C)CC1)c(C#N)c(=O)n2-c1c(C(C)C)ccnc1C(C)C. The van der Waals surface area contributed by atoms with Gasteiger partial charge in [0.25, 0.3) is 5.56 Å². The third-order valence-electron chi connectivity index (χ3n) is 8.21. The summed E-state index contributed by atoms with van der Waals surface area (Å²) in [6.45, 7) is 17.2. The zero-order valence-electron chi connectivity index (χ0n) is 27.8. The minimum atomic E-state index is -0.615. The van der Waals surface area contributed by atoms with E-state index in [1.165, 1.54) is 0 Å². The first kappa shape index (κ1) is 33.0. The smallest absolute Gasteiger partial charge is 0.410 e. The maximum atomic E-state index is 14.7. The van der Waals surface area contributed by atoms with Crippen LogP contribution in [0.15, 0.2) is 47.4 Å². The number of carbonyl (C=O) groups excluding carboxylic acids is 1. The van der Waals surface area contributed by atoms with E-state index in [2.05, 4.69) is 19.9 Å². The van der Waals surface area contributed by atoms with E-state index in [9.17, 15) is 14.9 Å². The van der Waals surface area contributed by atoms with Gasteiger partial charge in [0.1, 0.15) is 22.9 Å². The molecule has 46 heavy (non-hydrogen) atoms. The van der Waals surface area contributed by atoms with E-state index in [-0.39, 0.29) is 23.5 Å². The van der Waals surface area contributed by atoms with Crippen LogP contribution in [-0.2, 0) is 4.74 Å². The molecule has 0 saturated carbocycles. The van der Waals surface area contributed by atoms with Crippen molar-refractivity contribution < 1.29 is 9.53 Å². The quantitative estimate of drug-likeness (QED) is 0.221. The fraction of sp³-hybridized carbons (Fsp3) is 0.417. The number of amides is 1. The lowest BCUT2D eigenvalue weighted by Gasteiger charge is -2.37. The second-order valence-corrected chi connectivity index (χ2v) is 13.8. The lowest BCUT2D eigenvalue weighted by atomic mass is 9.96. The minimum absolute atomic E-state index is 0.00649. The van der Waals surface area contributed by atoms with Crippen LogP contribution in [0, 0.1) is 18.3 Å². The molecule has 0 radical (unpaired) electrons. The van der Waals surface area contributed by atoms with Gasteiger partial charge in [-0.15, -0.1) is 0 Å². The van der Waals surface area contributed by atoms with Crippen LogP contribution in [0.3, 0.4) is 0 Å². The number of ether oxygens (including phenoxy) is 1. The monoisotopic (exact) mass is 640 g/mol. The summed E-state index contributed by atoms with van der Waals surface area (Å²) in [7, 11) is 0. The van der Waals surface area contributed by atoms with Gasteiger partial charge in [-0.05, 0) is 62.8 Å². The Morgan fingerprint density at radius 1 is 1.02 bits per heavy atom. The largest absolute Gasteiger partial charge is 0.444 e. The van der Waals surface area contributed by atoms with Crippen LogP contribution < -0.4 is 10.5 Å². The highest BCUT2D eigenvalue weighted by Crippen LogP contribution is 2.39. The summed E-state index contributed by atoms with van der Waals surface area (Å²) in [6, 6.07) is 13.8. The van der Waals surface area contributed by atoms with Gasteiger partial charge in [-0.25, -0.2) is 9.78 Å². The maximum Gasteiger partial charge on any atom is 0.410 e. The second kappa shape index (κ2) is 12.8. The van der Waals surface area contributed by atoms with E-state index < -0.39 is 11.2 Å². The zero-order chi connectivity index (χ0) is 33.5. The molecule has 0 atom stereocenters. The molecule has 3 aromatic heterocycles. The number of nitriles is 1. The molecular formula is C36H41ClN6O3. The number of halogens is 1. The number of carbonyl (C=O) groups is 1. The Morgan fingerprint density at radius 2 is 1.70 bits per heavy atom.